The van der Waals surface area contributed by atoms with Crippen molar-refractivity contribution in [2.75, 3.05) is 33.4 Å². The SMILES string of the molecule is COCCN1C(=O)[C@@H]2CC[C@H]1CN(C(=O)c1cnc(C)nc1C)C2. The Labute approximate surface area is 142 Å². The van der Waals surface area contributed by atoms with Crippen LogP contribution in [0, 0.1) is 19.8 Å². The molecular formula is C17H24N4O3. The van der Waals surface area contributed by atoms with Gasteiger partial charge in [-0.05, 0) is 26.7 Å². The summed E-state index contributed by atoms with van der Waals surface area (Å²) in [5.74, 6) is 0.610. The molecule has 4 heterocycles. The van der Waals surface area contributed by atoms with Crippen molar-refractivity contribution in [3.05, 3.63) is 23.3 Å². The Hall–Kier alpha value is -2.02. The maximum atomic E-state index is 12.9. The van der Waals surface area contributed by atoms with E-state index >= 15 is 0 Å². The Balaban J connectivity index is 1.81. The van der Waals surface area contributed by atoms with Gasteiger partial charge >= 0.3 is 0 Å². The number of hydrogen-bond acceptors (Lipinski definition) is 5. The highest BCUT2D eigenvalue weighted by molar-refractivity contribution is 5.95. The van der Waals surface area contributed by atoms with Crippen LogP contribution in [0.5, 0.6) is 0 Å². The van der Waals surface area contributed by atoms with Crippen molar-refractivity contribution in [3.8, 4) is 0 Å². The van der Waals surface area contributed by atoms with Gasteiger partial charge in [-0.15, -0.1) is 0 Å². The molecule has 0 radical (unpaired) electrons. The molecule has 0 aliphatic carbocycles. The van der Waals surface area contributed by atoms with Crippen molar-refractivity contribution in [2.24, 2.45) is 5.92 Å². The summed E-state index contributed by atoms with van der Waals surface area (Å²) < 4.78 is 5.12. The second kappa shape index (κ2) is 6.84. The molecule has 4 rings (SSSR count). The number of aromatic nitrogens is 2. The Bertz CT molecular complexity index is 649. The predicted octanol–water partition coefficient (Wildman–Crippen LogP) is 0.803. The van der Waals surface area contributed by atoms with E-state index in [4.69, 9.17) is 4.74 Å². The number of carbonyl (C=O) groups excluding carboxylic acids is 2. The summed E-state index contributed by atoms with van der Waals surface area (Å²) in [4.78, 5) is 37.7. The van der Waals surface area contributed by atoms with Crippen molar-refractivity contribution in [3.63, 3.8) is 0 Å². The van der Waals surface area contributed by atoms with E-state index in [1.165, 1.54) is 0 Å². The Morgan fingerprint density at radius 1 is 1.33 bits per heavy atom. The second-order valence-corrected chi connectivity index (χ2v) is 6.58. The maximum absolute atomic E-state index is 12.9. The zero-order chi connectivity index (χ0) is 17.3. The van der Waals surface area contributed by atoms with E-state index in [-0.39, 0.29) is 23.8 Å². The number of carbonyl (C=O) groups is 2. The van der Waals surface area contributed by atoms with Crippen molar-refractivity contribution in [1.29, 1.82) is 0 Å². The zero-order valence-corrected chi connectivity index (χ0v) is 14.5. The summed E-state index contributed by atoms with van der Waals surface area (Å²) in [6.45, 7) is 5.78. The molecule has 7 heteroatoms. The fourth-order valence-corrected chi connectivity index (χ4v) is 3.65. The molecule has 1 aromatic heterocycles. The van der Waals surface area contributed by atoms with Gasteiger partial charge in [0.2, 0.25) is 5.91 Å². The van der Waals surface area contributed by atoms with E-state index in [0.29, 0.717) is 43.3 Å². The molecule has 2 amide bonds. The van der Waals surface area contributed by atoms with Gasteiger partial charge in [-0.1, -0.05) is 0 Å². The third kappa shape index (κ3) is 3.13. The first-order valence-electron chi connectivity index (χ1n) is 8.40. The molecule has 2 atom stereocenters. The van der Waals surface area contributed by atoms with Crippen molar-refractivity contribution < 1.29 is 14.3 Å². The smallest absolute Gasteiger partial charge is 0.257 e. The molecule has 3 fully saturated rings. The minimum atomic E-state index is -0.115. The van der Waals surface area contributed by atoms with Gasteiger partial charge in [0.1, 0.15) is 5.82 Å². The fraction of sp³-hybridized carbons (Fsp3) is 0.647. The summed E-state index contributed by atoms with van der Waals surface area (Å²) in [5.41, 5.74) is 1.21. The van der Waals surface area contributed by atoms with E-state index in [2.05, 4.69) is 9.97 Å². The molecule has 0 saturated carbocycles. The van der Waals surface area contributed by atoms with Crippen LogP contribution in [0.25, 0.3) is 0 Å². The van der Waals surface area contributed by atoms with Crippen LogP contribution >= 0.6 is 0 Å². The van der Waals surface area contributed by atoms with Crippen LogP contribution in [-0.4, -0.2) is 71.0 Å². The number of rotatable bonds is 4. The van der Waals surface area contributed by atoms with E-state index < -0.39 is 0 Å². The molecule has 3 aliphatic heterocycles. The van der Waals surface area contributed by atoms with Crippen LogP contribution in [0.15, 0.2) is 6.20 Å². The molecule has 2 bridgehead atoms. The summed E-state index contributed by atoms with van der Waals surface area (Å²) in [7, 11) is 1.64. The summed E-state index contributed by atoms with van der Waals surface area (Å²) in [5, 5.41) is 0. The van der Waals surface area contributed by atoms with Crippen LogP contribution in [0.4, 0.5) is 0 Å². The van der Waals surface area contributed by atoms with Gasteiger partial charge in [0, 0.05) is 39.0 Å². The van der Waals surface area contributed by atoms with Gasteiger partial charge in [0.15, 0.2) is 0 Å². The standard InChI is InChI=1S/C17H24N4O3/c1-11-15(8-18-12(2)19-11)17(23)20-9-13-4-5-14(10-20)21(16(13)22)6-7-24-3/h8,13-14H,4-7,9-10H2,1-3H3/t13-,14+/m1/s1. The van der Waals surface area contributed by atoms with Gasteiger partial charge in [0.25, 0.3) is 5.91 Å². The topological polar surface area (TPSA) is 75.6 Å². The molecule has 0 N–H and O–H groups in total. The van der Waals surface area contributed by atoms with E-state index in [1.54, 1.807) is 25.1 Å². The lowest BCUT2D eigenvalue weighted by molar-refractivity contribution is -0.140. The number of amides is 2. The van der Waals surface area contributed by atoms with E-state index in [0.717, 1.165) is 12.8 Å². The third-order valence-electron chi connectivity index (χ3n) is 4.95. The molecule has 3 aliphatic rings. The molecule has 0 aromatic carbocycles. The minimum Gasteiger partial charge on any atom is -0.383 e. The Kier molecular flexibility index (Phi) is 4.80. The van der Waals surface area contributed by atoms with Gasteiger partial charge in [-0.2, -0.15) is 0 Å². The average Bonchev–Trinajstić information content (AvgIpc) is 2.84. The normalized spacial score (nSPS) is 23.5. The summed E-state index contributed by atoms with van der Waals surface area (Å²) in [6, 6.07) is 0.0713. The molecule has 7 nitrogen and oxygen atoms in total. The van der Waals surface area contributed by atoms with Crippen LogP contribution in [0.3, 0.4) is 0 Å². The van der Waals surface area contributed by atoms with Crippen LogP contribution in [0.1, 0.15) is 34.7 Å². The maximum Gasteiger partial charge on any atom is 0.257 e. The number of fused-ring (bicyclic) bond motifs is 4. The second-order valence-electron chi connectivity index (χ2n) is 6.58. The number of ether oxygens (including phenoxy) is 1. The lowest BCUT2D eigenvalue weighted by Crippen LogP contribution is -2.49. The lowest BCUT2D eigenvalue weighted by Gasteiger charge is -2.35. The quantitative estimate of drug-likeness (QED) is 0.815. The Morgan fingerprint density at radius 3 is 2.83 bits per heavy atom. The number of piperidine rings is 1. The number of hydrogen-bond donors (Lipinski definition) is 0. The van der Waals surface area contributed by atoms with Gasteiger partial charge in [0.05, 0.1) is 23.8 Å². The fourth-order valence-electron chi connectivity index (χ4n) is 3.65. The number of nitrogens with zero attached hydrogens (tertiary/aromatic N) is 4. The van der Waals surface area contributed by atoms with Gasteiger partial charge in [-0.25, -0.2) is 9.97 Å². The predicted molar refractivity (Wildman–Crippen MR) is 87.5 cm³/mol. The van der Waals surface area contributed by atoms with Crippen LogP contribution < -0.4 is 0 Å². The summed E-state index contributed by atoms with van der Waals surface area (Å²) >= 11 is 0. The van der Waals surface area contributed by atoms with Crippen molar-refractivity contribution >= 4 is 11.8 Å². The lowest BCUT2D eigenvalue weighted by atomic mass is 9.94. The van der Waals surface area contributed by atoms with Crippen LogP contribution in [-0.2, 0) is 9.53 Å². The largest absolute Gasteiger partial charge is 0.383 e. The minimum absolute atomic E-state index is 0.0713. The molecular weight excluding hydrogens is 308 g/mol. The third-order valence-corrected chi connectivity index (χ3v) is 4.95. The van der Waals surface area contributed by atoms with E-state index in [1.807, 2.05) is 11.8 Å². The zero-order valence-electron chi connectivity index (χ0n) is 14.5. The molecule has 1 aromatic rings. The molecule has 0 spiro atoms. The first-order valence-corrected chi connectivity index (χ1v) is 8.40. The number of aryl methyl sites for hydroxylation is 2. The van der Waals surface area contributed by atoms with E-state index in [9.17, 15) is 9.59 Å². The molecule has 0 unspecified atom stereocenters. The molecule has 130 valence electrons. The highest BCUT2D eigenvalue weighted by atomic mass is 16.5. The monoisotopic (exact) mass is 332 g/mol. The van der Waals surface area contributed by atoms with Gasteiger partial charge < -0.3 is 14.5 Å². The Morgan fingerprint density at radius 2 is 2.12 bits per heavy atom. The van der Waals surface area contributed by atoms with Gasteiger partial charge in [-0.3, -0.25) is 9.59 Å². The number of methoxy groups -OCH3 is 1. The molecule has 3 saturated heterocycles. The van der Waals surface area contributed by atoms with Crippen molar-refractivity contribution in [1.82, 2.24) is 19.8 Å². The first kappa shape index (κ1) is 16.8. The molecule has 24 heavy (non-hydrogen) atoms. The van der Waals surface area contributed by atoms with Crippen LogP contribution in [0.2, 0.25) is 0 Å². The van der Waals surface area contributed by atoms with Crippen molar-refractivity contribution in [2.45, 2.75) is 32.7 Å². The highest BCUT2D eigenvalue weighted by Crippen LogP contribution is 2.29. The highest BCUT2D eigenvalue weighted by Gasteiger charge is 2.41. The first-order chi connectivity index (χ1) is 11.5. The average molecular weight is 332 g/mol. The summed E-state index contributed by atoms with van der Waals surface area (Å²) in [6.07, 6.45) is 3.38.